The van der Waals surface area contributed by atoms with Crippen LogP contribution >= 0.6 is 0 Å². The third-order valence-corrected chi connectivity index (χ3v) is 7.09. The van der Waals surface area contributed by atoms with E-state index in [-0.39, 0.29) is 23.6 Å². The van der Waals surface area contributed by atoms with Crippen LogP contribution in [0.15, 0.2) is 30.5 Å². The predicted octanol–water partition coefficient (Wildman–Crippen LogP) is 4.59. The second-order valence-corrected chi connectivity index (χ2v) is 10.8. The minimum atomic E-state index is -0.412. The number of nitrogens with zero attached hydrogens (tertiary/aromatic N) is 5. The van der Waals surface area contributed by atoms with Crippen molar-refractivity contribution in [3.05, 3.63) is 41.8 Å². The van der Waals surface area contributed by atoms with Gasteiger partial charge >= 0.3 is 0 Å². The molecule has 3 aromatic rings. The molecule has 9 heteroatoms. The Morgan fingerprint density at radius 1 is 1.11 bits per heavy atom. The second kappa shape index (κ2) is 9.95. The molecule has 1 aliphatic heterocycles. The lowest BCUT2D eigenvalue weighted by Gasteiger charge is -2.34. The van der Waals surface area contributed by atoms with Gasteiger partial charge in [0.2, 0.25) is 17.7 Å². The van der Waals surface area contributed by atoms with E-state index in [0.717, 1.165) is 10.9 Å². The van der Waals surface area contributed by atoms with E-state index >= 15 is 0 Å². The Hall–Kier alpha value is -3.36. The average molecular weight is 497 g/mol. The van der Waals surface area contributed by atoms with Gasteiger partial charge in [-0.25, -0.2) is 9.37 Å². The maximum absolute atomic E-state index is 13.4. The number of rotatable bonds is 7. The molecule has 36 heavy (non-hydrogen) atoms. The van der Waals surface area contributed by atoms with E-state index in [1.54, 1.807) is 19.1 Å². The molecule has 0 radical (unpaired) electrons. The SMILES string of the molecule is CC(=O)N1CCN(c2nc(NC(C)(C)Cc3ccc(F)cc3)c3cn(C(C)C(C)C)c(O)c3n2)CC1. The zero-order valence-electron chi connectivity index (χ0n) is 22.0. The molecule has 1 fully saturated rings. The number of hydrogen-bond acceptors (Lipinski definition) is 6. The maximum atomic E-state index is 13.4. The molecular weight excluding hydrogens is 459 g/mol. The van der Waals surface area contributed by atoms with Crippen molar-refractivity contribution in [3.63, 3.8) is 0 Å². The zero-order valence-corrected chi connectivity index (χ0v) is 22.0. The third-order valence-electron chi connectivity index (χ3n) is 7.09. The minimum Gasteiger partial charge on any atom is -0.493 e. The molecule has 0 bridgehead atoms. The number of fused-ring (bicyclic) bond motifs is 1. The first-order valence-electron chi connectivity index (χ1n) is 12.6. The van der Waals surface area contributed by atoms with E-state index < -0.39 is 5.54 Å². The van der Waals surface area contributed by atoms with E-state index in [2.05, 4.69) is 44.8 Å². The van der Waals surface area contributed by atoms with E-state index in [1.807, 2.05) is 15.7 Å². The van der Waals surface area contributed by atoms with Crippen LogP contribution in [0.1, 0.15) is 53.1 Å². The number of amides is 1. The monoisotopic (exact) mass is 496 g/mol. The molecule has 0 aliphatic carbocycles. The normalized spacial score (nSPS) is 15.6. The van der Waals surface area contributed by atoms with Gasteiger partial charge in [-0.2, -0.15) is 4.98 Å². The molecule has 1 saturated heterocycles. The van der Waals surface area contributed by atoms with Crippen molar-refractivity contribution in [2.45, 2.75) is 59.5 Å². The van der Waals surface area contributed by atoms with Crippen molar-refractivity contribution in [1.29, 1.82) is 0 Å². The highest BCUT2D eigenvalue weighted by Gasteiger charge is 2.27. The molecule has 1 amide bonds. The fourth-order valence-electron chi connectivity index (χ4n) is 4.64. The Bertz CT molecular complexity index is 1230. The van der Waals surface area contributed by atoms with Crippen LogP contribution in [0.2, 0.25) is 0 Å². The number of aromatic hydroxyl groups is 1. The van der Waals surface area contributed by atoms with E-state index in [4.69, 9.17) is 9.97 Å². The van der Waals surface area contributed by atoms with Crippen molar-refractivity contribution in [1.82, 2.24) is 19.4 Å². The van der Waals surface area contributed by atoms with E-state index in [0.29, 0.717) is 55.8 Å². The van der Waals surface area contributed by atoms with Gasteiger partial charge in [-0.15, -0.1) is 0 Å². The van der Waals surface area contributed by atoms with Crippen molar-refractivity contribution >= 4 is 28.6 Å². The van der Waals surface area contributed by atoms with Gasteiger partial charge in [-0.05, 0) is 50.8 Å². The summed E-state index contributed by atoms with van der Waals surface area (Å²) in [4.78, 5) is 25.3. The average Bonchev–Trinajstić information content (AvgIpc) is 3.16. The summed E-state index contributed by atoms with van der Waals surface area (Å²) in [5, 5.41) is 15.5. The lowest BCUT2D eigenvalue weighted by atomic mass is 9.95. The summed E-state index contributed by atoms with van der Waals surface area (Å²) >= 11 is 0. The molecule has 4 rings (SSSR count). The first kappa shape index (κ1) is 25.7. The van der Waals surface area contributed by atoms with Gasteiger partial charge in [0.15, 0.2) is 0 Å². The Labute approximate surface area is 212 Å². The highest BCUT2D eigenvalue weighted by atomic mass is 19.1. The molecule has 1 atom stereocenters. The Kier molecular flexibility index (Phi) is 7.11. The Balaban J connectivity index is 1.72. The van der Waals surface area contributed by atoms with Crippen LogP contribution in [0, 0.1) is 11.7 Å². The summed E-state index contributed by atoms with van der Waals surface area (Å²) in [5.74, 6) is 1.41. The topological polar surface area (TPSA) is 86.5 Å². The number of nitrogens with one attached hydrogen (secondary N) is 1. The van der Waals surface area contributed by atoms with Crippen LogP contribution in [0.25, 0.3) is 10.9 Å². The number of benzene rings is 1. The number of hydrogen-bond donors (Lipinski definition) is 2. The summed E-state index contributed by atoms with van der Waals surface area (Å²) in [6.45, 7) is 14.5. The Morgan fingerprint density at radius 2 is 1.75 bits per heavy atom. The summed E-state index contributed by atoms with van der Waals surface area (Å²) in [5.41, 5.74) is 1.10. The van der Waals surface area contributed by atoms with Crippen LogP contribution in [0.4, 0.5) is 16.2 Å². The number of carbonyl (C=O) groups is 1. The van der Waals surface area contributed by atoms with E-state index in [1.165, 1.54) is 12.1 Å². The van der Waals surface area contributed by atoms with Crippen molar-refractivity contribution < 1.29 is 14.3 Å². The van der Waals surface area contributed by atoms with Gasteiger partial charge in [0.05, 0.1) is 5.39 Å². The summed E-state index contributed by atoms with van der Waals surface area (Å²) in [6.07, 6.45) is 2.57. The molecule has 3 heterocycles. The molecule has 0 saturated carbocycles. The molecule has 1 aromatic carbocycles. The third kappa shape index (κ3) is 5.39. The second-order valence-electron chi connectivity index (χ2n) is 10.8. The van der Waals surface area contributed by atoms with Crippen LogP contribution < -0.4 is 10.2 Å². The van der Waals surface area contributed by atoms with E-state index in [9.17, 15) is 14.3 Å². The summed E-state index contributed by atoms with van der Waals surface area (Å²) < 4.78 is 15.3. The molecule has 1 aliphatic rings. The van der Waals surface area contributed by atoms with Gasteiger partial charge < -0.3 is 24.8 Å². The largest absolute Gasteiger partial charge is 0.493 e. The van der Waals surface area contributed by atoms with Gasteiger partial charge in [0.1, 0.15) is 17.2 Å². The number of aromatic nitrogens is 3. The first-order chi connectivity index (χ1) is 16.9. The molecule has 0 spiro atoms. The number of carbonyl (C=O) groups excluding carboxylic acids is 1. The maximum Gasteiger partial charge on any atom is 0.228 e. The van der Waals surface area contributed by atoms with Gasteiger partial charge in [-0.1, -0.05) is 26.0 Å². The molecule has 194 valence electrons. The molecule has 8 nitrogen and oxygen atoms in total. The predicted molar refractivity (Wildman–Crippen MR) is 141 cm³/mol. The van der Waals surface area contributed by atoms with Crippen LogP contribution in [-0.4, -0.2) is 62.2 Å². The molecule has 2 N–H and O–H groups in total. The zero-order chi connectivity index (χ0) is 26.2. The minimum absolute atomic E-state index is 0.0633. The van der Waals surface area contributed by atoms with Gasteiger partial charge in [0, 0.05) is 50.9 Å². The quantitative estimate of drug-likeness (QED) is 0.497. The lowest BCUT2D eigenvalue weighted by Crippen LogP contribution is -2.48. The van der Waals surface area contributed by atoms with Crippen LogP contribution in [0.3, 0.4) is 0 Å². The van der Waals surface area contributed by atoms with Crippen LogP contribution in [0.5, 0.6) is 5.88 Å². The van der Waals surface area contributed by atoms with Gasteiger partial charge in [0.25, 0.3) is 0 Å². The summed E-state index contributed by atoms with van der Waals surface area (Å²) in [7, 11) is 0. The highest BCUT2D eigenvalue weighted by Crippen LogP contribution is 2.37. The highest BCUT2D eigenvalue weighted by molar-refractivity contribution is 5.94. The smallest absolute Gasteiger partial charge is 0.228 e. The summed E-state index contributed by atoms with van der Waals surface area (Å²) in [6, 6.07) is 6.60. The van der Waals surface area contributed by atoms with Crippen molar-refractivity contribution in [2.75, 3.05) is 36.4 Å². The lowest BCUT2D eigenvalue weighted by molar-refractivity contribution is -0.129. The molecule has 1 unspecified atom stereocenters. The van der Waals surface area contributed by atoms with Gasteiger partial charge in [-0.3, -0.25) is 4.79 Å². The Morgan fingerprint density at radius 3 is 2.33 bits per heavy atom. The van der Waals surface area contributed by atoms with Crippen LogP contribution in [-0.2, 0) is 11.2 Å². The number of halogens is 1. The molecule has 2 aromatic heterocycles. The first-order valence-corrected chi connectivity index (χ1v) is 12.6. The fraction of sp³-hybridized carbons (Fsp3) is 0.519. The standard InChI is InChI=1S/C27H37FN6O2/c1-17(2)18(3)34-16-22-23(25(34)36)29-26(33-13-11-32(12-14-33)19(4)35)30-24(22)31-27(5,6)15-20-7-9-21(28)10-8-20/h7-10,16-18,36H,11-15H2,1-6H3,(H,29,30,31). The van der Waals surface area contributed by atoms with Crippen molar-refractivity contribution in [3.8, 4) is 5.88 Å². The molecular formula is C27H37FN6O2. The fourth-order valence-corrected chi connectivity index (χ4v) is 4.64. The van der Waals surface area contributed by atoms with Crippen molar-refractivity contribution in [2.24, 2.45) is 5.92 Å². The number of piperazine rings is 1. The number of anilines is 2.